The molecule has 0 radical (unpaired) electrons. The molecule has 138 valence electrons. The van der Waals surface area contributed by atoms with Crippen molar-refractivity contribution in [2.75, 3.05) is 5.32 Å². The second-order valence-corrected chi connectivity index (χ2v) is 7.07. The second kappa shape index (κ2) is 7.86. The Balaban J connectivity index is 1.63. The molecule has 3 aromatic rings. The molecule has 0 bridgehead atoms. The SMILES string of the molecule is Cc1cnc(Nc2ccc(CN)cc2)nc1C(NC1CC1)c1ccccc1. The smallest absolute Gasteiger partial charge is 0.227 e. The highest BCUT2D eigenvalue weighted by molar-refractivity contribution is 5.54. The van der Waals surface area contributed by atoms with E-state index in [2.05, 4.69) is 46.8 Å². The van der Waals surface area contributed by atoms with Crippen molar-refractivity contribution in [1.29, 1.82) is 0 Å². The number of nitrogens with two attached hydrogens (primary N) is 1. The number of aryl methyl sites for hydroxylation is 1. The monoisotopic (exact) mass is 359 g/mol. The molecule has 0 spiro atoms. The van der Waals surface area contributed by atoms with Crippen LogP contribution in [0.2, 0.25) is 0 Å². The Morgan fingerprint density at radius 3 is 2.48 bits per heavy atom. The molecule has 1 atom stereocenters. The van der Waals surface area contributed by atoms with E-state index in [-0.39, 0.29) is 6.04 Å². The molecule has 1 heterocycles. The predicted octanol–water partition coefficient (Wildman–Crippen LogP) is 3.83. The molecule has 1 aliphatic rings. The quantitative estimate of drug-likeness (QED) is 0.598. The molecule has 5 heteroatoms. The summed E-state index contributed by atoms with van der Waals surface area (Å²) in [6.07, 6.45) is 4.35. The summed E-state index contributed by atoms with van der Waals surface area (Å²) in [6, 6.07) is 19.2. The zero-order chi connectivity index (χ0) is 18.6. The minimum absolute atomic E-state index is 0.0712. The zero-order valence-electron chi connectivity index (χ0n) is 15.5. The third kappa shape index (κ3) is 4.32. The van der Waals surface area contributed by atoms with Crippen molar-refractivity contribution >= 4 is 11.6 Å². The molecule has 4 N–H and O–H groups in total. The van der Waals surface area contributed by atoms with Gasteiger partial charge in [-0.2, -0.15) is 0 Å². The Morgan fingerprint density at radius 1 is 1.07 bits per heavy atom. The Hall–Kier alpha value is -2.76. The van der Waals surface area contributed by atoms with Gasteiger partial charge in [-0.05, 0) is 48.6 Å². The van der Waals surface area contributed by atoms with Crippen LogP contribution in [0.1, 0.15) is 41.3 Å². The topological polar surface area (TPSA) is 75.9 Å². The molecule has 2 aromatic carbocycles. The molecule has 0 saturated heterocycles. The van der Waals surface area contributed by atoms with Crippen LogP contribution in [0.3, 0.4) is 0 Å². The molecule has 4 rings (SSSR count). The lowest BCUT2D eigenvalue weighted by atomic mass is 10.0. The van der Waals surface area contributed by atoms with Gasteiger partial charge in [0, 0.05) is 24.5 Å². The van der Waals surface area contributed by atoms with E-state index in [1.54, 1.807) is 0 Å². The van der Waals surface area contributed by atoms with Crippen LogP contribution in [-0.4, -0.2) is 16.0 Å². The van der Waals surface area contributed by atoms with Crippen molar-refractivity contribution in [3.8, 4) is 0 Å². The molecule has 5 nitrogen and oxygen atoms in total. The van der Waals surface area contributed by atoms with Gasteiger partial charge in [0.1, 0.15) is 0 Å². The lowest BCUT2D eigenvalue weighted by Crippen LogP contribution is -2.26. The summed E-state index contributed by atoms with van der Waals surface area (Å²) < 4.78 is 0. The van der Waals surface area contributed by atoms with Crippen molar-refractivity contribution in [2.24, 2.45) is 5.73 Å². The highest BCUT2D eigenvalue weighted by Crippen LogP contribution is 2.30. The van der Waals surface area contributed by atoms with Crippen molar-refractivity contribution in [3.63, 3.8) is 0 Å². The van der Waals surface area contributed by atoms with Crippen molar-refractivity contribution in [3.05, 3.63) is 83.2 Å². The fourth-order valence-electron chi connectivity index (χ4n) is 3.13. The van der Waals surface area contributed by atoms with Gasteiger partial charge in [0.25, 0.3) is 0 Å². The van der Waals surface area contributed by atoms with Gasteiger partial charge in [-0.3, -0.25) is 0 Å². The average Bonchev–Trinajstić information content (AvgIpc) is 3.53. The number of benzene rings is 2. The number of nitrogens with one attached hydrogen (secondary N) is 2. The predicted molar refractivity (Wildman–Crippen MR) is 109 cm³/mol. The van der Waals surface area contributed by atoms with Gasteiger partial charge in [-0.15, -0.1) is 0 Å². The number of aromatic nitrogens is 2. The van der Waals surface area contributed by atoms with Crippen LogP contribution in [0.4, 0.5) is 11.6 Å². The van der Waals surface area contributed by atoms with Crippen LogP contribution in [0.25, 0.3) is 0 Å². The number of hydrogen-bond acceptors (Lipinski definition) is 5. The number of anilines is 2. The van der Waals surface area contributed by atoms with E-state index in [1.807, 2.05) is 36.5 Å². The Morgan fingerprint density at radius 2 is 1.81 bits per heavy atom. The fraction of sp³-hybridized carbons (Fsp3) is 0.273. The largest absolute Gasteiger partial charge is 0.326 e. The third-order valence-electron chi connectivity index (χ3n) is 4.84. The summed E-state index contributed by atoms with van der Waals surface area (Å²) in [5.74, 6) is 0.606. The molecule has 1 saturated carbocycles. The van der Waals surface area contributed by atoms with E-state index in [0.29, 0.717) is 18.5 Å². The van der Waals surface area contributed by atoms with Gasteiger partial charge in [0.2, 0.25) is 5.95 Å². The van der Waals surface area contributed by atoms with Crippen LogP contribution in [0, 0.1) is 6.92 Å². The first kappa shape index (κ1) is 17.6. The zero-order valence-corrected chi connectivity index (χ0v) is 15.5. The summed E-state index contributed by atoms with van der Waals surface area (Å²) in [5, 5.41) is 7.05. The normalized spacial score (nSPS) is 14.7. The maximum absolute atomic E-state index is 5.67. The first-order chi connectivity index (χ1) is 13.2. The second-order valence-electron chi connectivity index (χ2n) is 7.07. The number of nitrogens with zero attached hydrogens (tertiary/aromatic N) is 2. The fourth-order valence-corrected chi connectivity index (χ4v) is 3.13. The average molecular weight is 359 g/mol. The van der Waals surface area contributed by atoms with E-state index in [1.165, 1.54) is 18.4 Å². The molecule has 0 aliphatic heterocycles. The van der Waals surface area contributed by atoms with Crippen LogP contribution >= 0.6 is 0 Å². The van der Waals surface area contributed by atoms with Gasteiger partial charge >= 0.3 is 0 Å². The van der Waals surface area contributed by atoms with Gasteiger partial charge in [0.05, 0.1) is 11.7 Å². The maximum atomic E-state index is 5.67. The highest BCUT2D eigenvalue weighted by atomic mass is 15.1. The van der Waals surface area contributed by atoms with Crippen LogP contribution < -0.4 is 16.4 Å². The van der Waals surface area contributed by atoms with E-state index in [0.717, 1.165) is 22.5 Å². The summed E-state index contributed by atoms with van der Waals surface area (Å²) in [4.78, 5) is 9.33. The standard InChI is InChI=1S/C22H25N5/c1-15-14-24-22(26-19-9-7-16(13-23)8-10-19)27-20(15)21(25-18-11-12-18)17-5-3-2-4-6-17/h2-10,14,18,21,25H,11-13,23H2,1H3,(H,24,26,27). The molecular formula is C22H25N5. The molecule has 0 amide bonds. The lowest BCUT2D eigenvalue weighted by Gasteiger charge is -2.21. The van der Waals surface area contributed by atoms with Gasteiger partial charge in [-0.1, -0.05) is 42.5 Å². The summed E-state index contributed by atoms with van der Waals surface area (Å²) in [7, 11) is 0. The lowest BCUT2D eigenvalue weighted by molar-refractivity contribution is 0.584. The highest BCUT2D eigenvalue weighted by Gasteiger charge is 2.28. The van der Waals surface area contributed by atoms with Gasteiger partial charge in [-0.25, -0.2) is 9.97 Å². The minimum Gasteiger partial charge on any atom is -0.326 e. The number of rotatable bonds is 7. The maximum Gasteiger partial charge on any atom is 0.227 e. The van der Waals surface area contributed by atoms with Crippen LogP contribution in [0.5, 0.6) is 0 Å². The molecule has 1 aliphatic carbocycles. The Bertz CT molecular complexity index is 888. The first-order valence-corrected chi connectivity index (χ1v) is 9.43. The molecule has 1 unspecified atom stereocenters. The van der Waals surface area contributed by atoms with Crippen LogP contribution in [-0.2, 0) is 6.54 Å². The van der Waals surface area contributed by atoms with Crippen LogP contribution in [0.15, 0.2) is 60.8 Å². The Kier molecular flexibility index (Phi) is 5.14. The third-order valence-corrected chi connectivity index (χ3v) is 4.84. The molecular weight excluding hydrogens is 334 g/mol. The summed E-state index contributed by atoms with van der Waals surface area (Å²) >= 11 is 0. The van der Waals surface area contributed by atoms with Crippen molar-refractivity contribution in [2.45, 2.75) is 38.4 Å². The molecule has 1 fully saturated rings. The van der Waals surface area contributed by atoms with E-state index in [9.17, 15) is 0 Å². The van der Waals surface area contributed by atoms with E-state index in [4.69, 9.17) is 10.7 Å². The summed E-state index contributed by atoms with van der Waals surface area (Å²) in [6.45, 7) is 2.61. The molecule has 27 heavy (non-hydrogen) atoms. The van der Waals surface area contributed by atoms with Gasteiger partial charge < -0.3 is 16.4 Å². The minimum atomic E-state index is 0.0712. The van der Waals surface area contributed by atoms with Gasteiger partial charge in [0.15, 0.2) is 0 Å². The first-order valence-electron chi connectivity index (χ1n) is 9.43. The molecule has 1 aromatic heterocycles. The van der Waals surface area contributed by atoms with E-state index < -0.39 is 0 Å². The van der Waals surface area contributed by atoms with E-state index >= 15 is 0 Å². The number of hydrogen-bond donors (Lipinski definition) is 3. The summed E-state index contributed by atoms with van der Waals surface area (Å²) in [5.41, 5.74) is 11.1. The van der Waals surface area contributed by atoms with Crippen molar-refractivity contribution in [1.82, 2.24) is 15.3 Å². The van der Waals surface area contributed by atoms with Crippen molar-refractivity contribution < 1.29 is 0 Å². The Labute approximate surface area is 160 Å².